The van der Waals surface area contributed by atoms with E-state index in [1.807, 2.05) is 4.98 Å². The van der Waals surface area contributed by atoms with Gasteiger partial charge < -0.3 is 10.1 Å². The molecule has 4 N–H and O–H groups in total. The number of rotatable bonds is 4. The fourth-order valence-corrected chi connectivity index (χ4v) is 3.29. The number of aliphatic hydroxyl groups excluding tert-OH is 1. The van der Waals surface area contributed by atoms with Crippen molar-refractivity contribution in [1.82, 2.24) is 14.7 Å². The average Bonchev–Trinajstić information content (AvgIpc) is 2.23. The van der Waals surface area contributed by atoms with Gasteiger partial charge in [0.15, 0.2) is 4.90 Å². The molecule has 0 aromatic carbocycles. The number of sulfonamides is 1. The van der Waals surface area contributed by atoms with E-state index in [1.54, 1.807) is 0 Å². The summed E-state index contributed by atoms with van der Waals surface area (Å²) in [6.07, 6.45) is 2.69. The fraction of sp³-hybridized carbons (Fsp3) is 0.556. The van der Waals surface area contributed by atoms with Gasteiger partial charge in [-0.3, -0.25) is 9.78 Å². The topological polar surface area (TPSA) is 132 Å². The molecule has 0 aliphatic heterocycles. The highest BCUT2D eigenvalue weighted by Crippen LogP contribution is 2.32. The number of aromatic nitrogens is 2. The molecule has 9 heteroatoms. The Kier molecular flexibility index (Phi) is 3.13. The van der Waals surface area contributed by atoms with Crippen LogP contribution in [0.4, 0.5) is 0 Å². The van der Waals surface area contributed by atoms with Crippen molar-refractivity contribution in [1.29, 1.82) is 0 Å². The van der Waals surface area contributed by atoms with E-state index in [2.05, 4.69) is 9.71 Å². The zero-order valence-electron chi connectivity index (χ0n) is 9.39. The van der Waals surface area contributed by atoms with Crippen LogP contribution in [0.3, 0.4) is 0 Å². The molecule has 1 fully saturated rings. The van der Waals surface area contributed by atoms with Gasteiger partial charge in [-0.2, -0.15) is 0 Å². The van der Waals surface area contributed by atoms with Crippen molar-refractivity contribution in [3.63, 3.8) is 0 Å². The quantitative estimate of drug-likeness (QED) is 0.517. The third-order valence-corrected chi connectivity index (χ3v) is 4.62. The molecule has 18 heavy (non-hydrogen) atoms. The Bertz CT molecular complexity index is 650. The Balaban J connectivity index is 2.37. The summed E-state index contributed by atoms with van der Waals surface area (Å²) in [6, 6.07) is 0. The monoisotopic (exact) mass is 275 g/mol. The summed E-state index contributed by atoms with van der Waals surface area (Å²) < 4.78 is 26.2. The van der Waals surface area contributed by atoms with E-state index >= 15 is 0 Å². The molecule has 1 aliphatic rings. The van der Waals surface area contributed by atoms with Crippen LogP contribution in [-0.2, 0) is 10.0 Å². The molecule has 0 unspecified atom stereocenters. The van der Waals surface area contributed by atoms with Crippen molar-refractivity contribution < 1.29 is 13.5 Å². The molecule has 100 valence electrons. The fourth-order valence-electron chi connectivity index (χ4n) is 1.83. The molecule has 0 amide bonds. The molecule has 0 spiro atoms. The predicted octanol–water partition coefficient (Wildman–Crippen LogP) is -1.74. The van der Waals surface area contributed by atoms with Gasteiger partial charge >= 0.3 is 5.69 Å². The molecule has 1 aromatic heterocycles. The zero-order chi connectivity index (χ0) is 13.4. The van der Waals surface area contributed by atoms with E-state index in [0.717, 1.165) is 12.6 Å². The summed E-state index contributed by atoms with van der Waals surface area (Å²) in [5, 5.41) is 9.19. The number of hydrogen-bond donors (Lipinski definition) is 4. The van der Waals surface area contributed by atoms with Crippen LogP contribution in [0.15, 0.2) is 20.7 Å². The lowest BCUT2D eigenvalue weighted by Crippen LogP contribution is -2.56. The normalized spacial score (nSPS) is 18.3. The minimum Gasteiger partial charge on any atom is -0.394 e. The molecular formula is C9H13N3O5S. The first-order chi connectivity index (χ1) is 8.38. The molecule has 0 atom stereocenters. The molecule has 1 aliphatic carbocycles. The summed E-state index contributed by atoms with van der Waals surface area (Å²) in [5.41, 5.74) is -2.65. The van der Waals surface area contributed by atoms with Gasteiger partial charge in [0.1, 0.15) is 0 Å². The maximum atomic E-state index is 12.0. The predicted molar refractivity (Wildman–Crippen MR) is 61.7 cm³/mol. The molecule has 1 saturated carbocycles. The van der Waals surface area contributed by atoms with Crippen molar-refractivity contribution in [2.45, 2.75) is 29.7 Å². The Morgan fingerprint density at radius 1 is 1.39 bits per heavy atom. The summed E-state index contributed by atoms with van der Waals surface area (Å²) in [4.78, 5) is 25.6. The third kappa shape index (κ3) is 2.24. The highest BCUT2D eigenvalue weighted by Gasteiger charge is 2.40. The van der Waals surface area contributed by atoms with E-state index in [0.29, 0.717) is 12.8 Å². The van der Waals surface area contributed by atoms with Crippen LogP contribution >= 0.6 is 0 Å². The Morgan fingerprint density at radius 2 is 2.06 bits per heavy atom. The minimum absolute atomic E-state index is 0.326. The molecule has 2 rings (SSSR count). The standard InChI is InChI=1S/C9H13N3O5S/c13-5-9(2-1-3-9)12-18(16,17)6-4-10-8(15)11-7(6)14/h4,12-13H,1-3,5H2,(H2,10,11,14,15). The van der Waals surface area contributed by atoms with Crippen molar-refractivity contribution in [2.75, 3.05) is 6.61 Å². The van der Waals surface area contributed by atoms with Crippen molar-refractivity contribution in [2.24, 2.45) is 0 Å². The second-order valence-electron chi connectivity index (χ2n) is 4.33. The molecular weight excluding hydrogens is 262 g/mol. The second kappa shape index (κ2) is 4.34. The second-order valence-corrected chi connectivity index (χ2v) is 5.98. The van der Waals surface area contributed by atoms with Gasteiger partial charge in [0.2, 0.25) is 10.0 Å². The van der Waals surface area contributed by atoms with Gasteiger partial charge in [0.25, 0.3) is 5.56 Å². The maximum absolute atomic E-state index is 12.0. The first-order valence-corrected chi connectivity index (χ1v) is 6.84. The first-order valence-electron chi connectivity index (χ1n) is 5.35. The summed E-state index contributed by atoms with van der Waals surface area (Å²) in [7, 11) is -4.06. The highest BCUT2D eigenvalue weighted by atomic mass is 32.2. The van der Waals surface area contributed by atoms with Gasteiger partial charge in [-0.05, 0) is 19.3 Å². The highest BCUT2D eigenvalue weighted by molar-refractivity contribution is 7.89. The van der Waals surface area contributed by atoms with Crippen LogP contribution in [0.1, 0.15) is 19.3 Å². The van der Waals surface area contributed by atoms with E-state index in [1.165, 1.54) is 0 Å². The smallest absolute Gasteiger partial charge is 0.325 e. The van der Waals surface area contributed by atoms with Gasteiger partial charge in [0, 0.05) is 6.20 Å². The lowest BCUT2D eigenvalue weighted by molar-refractivity contribution is 0.110. The van der Waals surface area contributed by atoms with Crippen molar-refractivity contribution >= 4 is 10.0 Å². The lowest BCUT2D eigenvalue weighted by atomic mass is 9.78. The molecule has 1 aromatic rings. The van der Waals surface area contributed by atoms with Gasteiger partial charge in [-0.15, -0.1) is 0 Å². The molecule has 0 radical (unpaired) electrons. The van der Waals surface area contributed by atoms with E-state index in [4.69, 9.17) is 0 Å². The minimum atomic E-state index is -4.06. The first kappa shape index (κ1) is 13.0. The van der Waals surface area contributed by atoms with E-state index in [-0.39, 0.29) is 6.61 Å². The Labute approximate surface area is 102 Å². The molecule has 0 bridgehead atoms. The largest absolute Gasteiger partial charge is 0.394 e. The van der Waals surface area contributed by atoms with Crippen LogP contribution in [0.5, 0.6) is 0 Å². The maximum Gasteiger partial charge on any atom is 0.325 e. The van der Waals surface area contributed by atoms with E-state index < -0.39 is 31.7 Å². The van der Waals surface area contributed by atoms with Crippen LogP contribution in [0.25, 0.3) is 0 Å². The van der Waals surface area contributed by atoms with Crippen LogP contribution in [0.2, 0.25) is 0 Å². The van der Waals surface area contributed by atoms with Gasteiger partial charge in [0.05, 0.1) is 12.1 Å². The summed E-state index contributed by atoms with van der Waals surface area (Å²) >= 11 is 0. The number of aliphatic hydroxyl groups is 1. The lowest BCUT2D eigenvalue weighted by Gasteiger charge is -2.40. The van der Waals surface area contributed by atoms with Gasteiger partial charge in [-0.25, -0.2) is 17.9 Å². The van der Waals surface area contributed by atoms with Crippen molar-refractivity contribution in [3.05, 3.63) is 27.0 Å². The average molecular weight is 275 g/mol. The summed E-state index contributed by atoms with van der Waals surface area (Å²) in [5.74, 6) is 0. The van der Waals surface area contributed by atoms with Gasteiger partial charge in [-0.1, -0.05) is 0 Å². The van der Waals surface area contributed by atoms with Crippen LogP contribution in [0, 0.1) is 0 Å². The number of aromatic amines is 2. The Hall–Kier alpha value is -1.45. The number of nitrogens with one attached hydrogen (secondary N) is 3. The van der Waals surface area contributed by atoms with Crippen LogP contribution in [-0.4, -0.2) is 35.6 Å². The van der Waals surface area contributed by atoms with E-state index in [9.17, 15) is 23.1 Å². The SMILES string of the molecule is O=c1[nH]cc(S(=O)(=O)NC2(CO)CCC2)c(=O)[nH]1. The Morgan fingerprint density at radius 3 is 2.50 bits per heavy atom. The molecule has 8 nitrogen and oxygen atoms in total. The third-order valence-electron chi connectivity index (χ3n) is 3.04. The van der Waals surface area contributed by atoms with Crippen molar-refractivity contribution in [3.8, 4) is 0 Å². The molecule has 1 heterocycles. The molecule has 0 saturated heterocycles. The number of hydrogen-bond acceptors (Lipinski definition) is 5. The van der Waals surface area contributed by atoms with Crippen LogP contribution < -0.4 is 16.0 Å². The summed E-state index contributed by atoms with van der Waals surface area (Å²) in [6.45, 7) is -0.326. The number of H-pyrrole nitrogens is 2. The zero-order valence-corrected chi connectivity index (χ0v) is 10.2.